The molecule has 2 saturated heterocycles. The molecule has 3 amide bonds. The molecule has 0 aliphatic carbocycles. The molecule has 1 aromatic heterocycles. The molecule has 2 aliphatic heterocycles. The monoisotopic (exact) mass is 819 g/mol. The van der Waals surface area contributed by atoms with Crippen LogP contribution in [0, 0.1) is 11.8 Å². The summed E-state index contributed by atoms with van der Waals surface area (Å²) in [5.74, 6) is -1.95. The molecule has 4 rings (SSSR count). The van der Waals surface area contributed by atoms with Crippen molar-refractivity contribution in [2.24, 2.45) is 11.8 Å². The van der Waals surface area contributed by atoms with Gasteiger partial charge in [-0.25, -0.2) is 14.3 Å². The number of aromatic nitrogens is 3. The fourth-order valence-corrected chi connectivity index (χ4v) is 6.10. The van der Waals surface area contributed by atoms with Crippen molar-refractivity contribution in [3.63, 3.8) is 0 Å². The summed E-state index contributed by atoms with van der Waals surface area (Å²) in [6, 6.07) is 5.42. The predicted molar refractivity (Wildman–Crippen MR) is 203 cm³/mol. The number of ether oxygens (including phenoxy) is 7. The van der Waals surface area contributed by atoms with E-state index in [9.17, 15) is 28.8 Å². The molecule has 1 aromatic carbocycles. The lowest BCUT2D eigenvalue weighted by Gasteiger charge is -2.43. The second-order valence-corrected chi connectivity index (χ2v) is 13.8. The minimum absolute atomic E-state index is 0.0471. The van der Waals surface area contributed by atoms with Crippen molar-refractivity contribution in [1.29, 1.82) is 0 Å². The first-order valence-corrected chi connectivity index (χ1v) is 19.4. The van der Waals surface area contributed by atoms with Crippen molar-refractivity contribution in [2.75, 3.05) is 34.0 Å². The highest BCUT2D eigenvalue weighted by Crippen LogP contribution is 2.35. The van der Waals surface area contributed by atoms with E-state index in [1.165, 1.54) is 28.1 Å². The fourth-order valence-electron chi connectivity index (χ4n) is 6.10. The van der Waals surface area contributed by atoms with E-state index in [1.807, 2.05) is 26.8 Å². The molecule has 0 radical (unpaired) electrons. The van der Waals surface area contributed by atoms with Crippen molar-refractivity contribution in [3.05, 3.63) is 30.0 Å². The average Bonchev–Trinajstić information content (AvgIpc) is 3.78. The van der Waals surface area contributed by atoms with Crippen molar-refractivity contribution >= 4 is 35.8 Å². The summed E-state index contributed by atoms with van der Waals surface area (Å²) in [4.78, 5) is 73.2. The van der Waals surface area contributed by atoms with Gasteiger partial charge in [0, 0.05) is 69.7 Å². The van der Waals surface area contributed by atoms with Gasteiger partial charge < -0.3 is 43.3 Å². The number of nitrogens with zero attached hydrogens (tertiary/aromatic N) is 4. The van der Waals surface area contributed by atoms with Gasteiger partial charge in [0.1, 0.15) is 36.4 Å². The molecule has 6 atom stereocenters. The van der Waals surface area contributed by atoms with Gasteiger partial charge in [0.15, 0.2) is 6.29 Å². The summed E-state index contributed by atoms with van der Waals surface area (Å²) in [7, 11) is 3.04. The third kappa shape index (κ3) is 14.7. The SMILES string of the molecule is CCCCCC(=O)ON1C(=O)CCC1=O.CCNC(=O)OCc1ccc(-c2cn(CC3O[C@H](OCC(COC)OC(C)=O)C(C)[C@@H](C)[C@H]3OC(C)=O)nn2)cc1OC. The molecule has 0 bridgehead atoms. The number of nitrogens with one attached hydrogen (secondary N) is 1. The maximum atomic E-state index is 12.0. The Hall–Kier alpha value is -5.14. The van der Waals surface area contributed by atoms with Crippen LogP contribution in [-0.2, 0) is 70.4 Å². The molecule has 1 N–H and O–H groups in total. The van der Waals surface area contributed by atoms with E-state index in [2.05, 4.69) is 20.5 Å². The lowest BCUT2D eigenvalue weighted by molar-refractivity contribution is -0.275. The van der Waals surface area contributed by atoms with Crippen LogP contribution in [0.15, 0.2) is 24.4 Å². The highest BCUT2D eigenvalue weighted by molar-refractivity contribution is 6.01. The van der Waals surface area contributed by atoms with Crippen molar-refractivity contribution < 1.29 is 66.8 Å². The summed E-state index contributed by atoms with van der Waals surface area (Å²) < 4.78 is 40.8. The molecular weight excluding hydrogens is 762 g/mol. The Morgan fingerprint density at radius 3 is 2.33 bits per heavy atom. The maximum absolute atomic E-state index is 12.0. The van der Waals surface area contributed by atoms with Gasteiger partial charge in [-0.1, -0.05) is 51.0 Å². The molecule has 322 valence electrons. The topological polar surface area (TPSA) is 222 Å². The van der Waals surface area contributed by atoms with Gasteiger partial charge in [-0.15, -0.1) is 10.2 Å². The van der Waals surface area contributed by atoms with Crippen LogP contribution >= 0.6 is 0 Å². The largest absolute Gasteiger partial charge is 0.496 e. The smallest absolute Gasteiger partial charge is 0.407 e. The van der Waals surface area contributed by atoms with Crippen LogP contribution in [0.1, 0.15) is 85.6 Å². The lowest BCUT2D eigenvalue weighted by Crippen LogP contribution is -2.53. The lowest BCUT2D eigenvalue weighted by atomic mass is 9.84. The first kappa shape index (κ1) is 47.2. The standard InChI is InChI=1S/C29H42N4O10.C10H15NO4/c1-8-30-29(36)40-14-22-10-9-21(11-25(22)38-7)24-12-33(32-31-24)13-26-27(42-20(5)35)17(2)18(3)28(43-26)39-16-23(15-37-6)41-19(4)34;1-2-3-4-5-10(14)15-11-8(12)6-7-9(11)13/h9-12,17-18,23,26-28H,8,13-16H2,1-7H3,(H,30,36);2-7H2,1H3/t17-,18?,23?,26?,27-,28+;/m1./s1. The first-order valence-electron chi connectivity index (χ1n) is 19.4. The molecule has 3 heterocycles. The number of hydrogen-bond acceptors (Lipinski definition) is 16. The molecule has 2 aromatic rings. The summed E-state index contributed by atoms with van der Waals surface area (Å²) in [6.45, 7) is 11.4. The van der Waals surface area contributed by atoms with E-state index in [0.29, 0.717) is 28.6 Å². The van der Waals surface area contributed by atoms with E-state index in [0.717, 1.165) is 24.8 Å². The summed E-state index contributed by atoms with van der Waals surface area (Å²) >= 11 is 0. The molecule has 0 spiro atoms. The predicted octanol–water partition coefficient (Wildman–Crippen LogP) is 3.90. The van der Waals surface area contributed by atoms with Crippen LogP contribution in [-0.4, -0.2) is 114 Å². The molecule has 19 nitrogen and oxygen atoms in total. The number of alkyl carbamates (subject to hydrolysis) is 1. The number of rotatable bonds is 19. The fraction of sp³-hybridized carbons (Fsp3) is 0.641. The van der Waals surface area contributed by atoms with E-state index in [-0.39, 0.29) is 57.5 Å². The Kier molecular flexibility index (Phi) is 19.5. The summed E-state index contributed by atoms with van der Waals surface area (Å²) in [6.07, 6.45) is 2.03. The zero-order valence-electron chi connectivity index (χ0n) is 34.6. The number of imide groups is 1. The van der Waals surface area contributed by atoms with E-state index < -0.39 is 60.4 Å². The quantitative estimate of drug-likeness (QED) is 0.0919. The number of amides is 3. The summed E-state index contributed by atoms with van der Waals surface area (Å²) in [5.41, 5.74) is 2.01. The van der Waals surface area contributed by atoms with Crippen LogP contribution in [0.25, 0.3) is 11.3 Å². The van der Waals surface area contributed by atoms with Crippen LogP contribution in [0.2, 0.25) is 0 Å². The molecule has 2 fully saturated rings. The highest BCUT2D eigenvalue weighted by Gasteiger charge is 2.44. The second kappa shape index (κ2) is 23.9. The Balaban J connectivity index is 0.000000502. The van der Waals surface area contributed by atoms with Crippen molar-refractivity contribution in [1.82, 2.24) is 25.4 Å². The number of benzene rings is 1. The molecule has 19 heteroatoms. The van der Waals surface area contributed by atoms with E-state index >= 15 is 0 Å². The van der Waals surface area contributed by atoms with Crippen LogP contribution in [0.3, 0.4) is 0 Å². The zero-order chi connectivity index (χ0) is 42.8. The molecule has 3 unspecified atom stereocenters. The maximum Gasteiger partial charge on any atom is 0.407 e. The Morgan fingerprint density at radius 2 is 1.71 bits per heavy atom. The minimum atomic E-state index is -0.664. The average molecular weight is 820 g/mol. The summed E-state index contributed by atoms with van der Waals surface area (Å²) in [5, 5.41) is 11.8. The van der Waals surface area contributed by atoms with Gasteiger partial charge in [-0.3, -0.25) is 19.2 Å². The van der Waals surface area contributed by atoms with Gasteiger partial charge in [0.2, 0.25) is 0 Å². The number of hydrogen-bond donors (Lipinski definition) is 1. The molecule has 58 heavy (non-hydrogen) atoms. The van der Waals surface area contributed by atoms with Gasteiger partial charge in [0.05, 0.1) is 33.1 Å². The third-order valence-electron chi connectivity index (χ3n) is 9.24. The van der Waals surface area contributed by atoms with Gasteiger partial charge in [-0.05, 0) is 19.4 Å². The molecular formula is C39H57N5O14. The Labute approximate surface area is 338 Å². The van der Waals surface area contributed by atoms with E-state index in [1.54, 1.807) is 29.9 Å². The Morgan fingerprint density at radius 1 is 0.983 bits per heavy atom. The number of carbonyl (C=O) groups excluding carboxylic acids is 6. The van der Waals surface area contributed by atoms with Crippen molar-refractivity contribution in [2.45, 2.75) is 118 Å². The van der Waals surface area contributed by atoms with Gasteiger partial charge in [-0.2, -0.15) is 0 Å². The van der Waals surface area contributed by atoms with Crippen LogP contribution < -0.4 is 10.1 Å². The normalized spacial score (nSPS) is 20.7. The van der Waals surface area contributed by atoms with Gasteiger partial charge in [0.25, 0.3) is 11.8 Å². The second-order valence-electron chi connectivity index (χ2n) is 13.8. The van der Waals surface area contributed by atoms with E-state index in [4.69, 9.17) is 33.2 Å². The minimum Gasteiger partial charge on any atom is -0.496 e. The van der Waals surface area contributed by atoms with Crippen molar-refractivity contribution in [3.8, 4) is 17.0 Å². The first-order chi connectivity index (χ1) is 27.7. The number of unbranched alkanes of at least 4 members (excludes halogenated alkanes) is 2. The number of carbonyl (C=O) groups is 6. The van der Waals surface area contributed by atoms with Crippen LogP contribution in [0.4, 0.5) is 4.79 Å². The van der Waals surface area contributed by atoms with Crippen LogP contribution in [0.5, 0.6) is 5.75 Å². The number of esters is 2. The molecule has 2 aliphatic rings. The Bertz CT molecular complexity index is 1670. The highest BCUT2D eigenvalue weighted by atomic mass is 16.7. The molecule has 0 saturated carbocycles. The zero-order valence-corrected chi connectivity index (χ0v) is 34.6. The van der Waals surface area contributed by atoms with Gasteiger partial charge >= 0.3 is 24.0 Å². The number of methoxy groups -OCH3 is 2. The number of hydroxylamine groups is 2. The third-order valence-corrected chi connectivity index (χ3v) is 9.24.